The highest BCUT2D eigenvalue weighted by atomic mass is 32.1. The van der Waals surface area contributed by atoms with Crippen LogP contribution in [0.2, 0.25) is 0 Å². The maximum absolute atomic E-state index is 12.3. The summed E-state index contributed by atoms with van der Waals surface area (Å²) in [5.41, 5.74) is 2.45. The second-order valence-electron chi connectivity index (χ2n) is 5.63. The zero-order valence-corrected chi connectivity index (χ0v) is 14.5. The molecule has 0 saturated carbocycles. The second kappa shape index (κ2) is 7.05. The quantitative estimate of drug-likeness (QED) is 0.845. The summed E-state index contributed by atoms with van der Waals surface area (Å²) in [5, 5.41) is 3.48. The Kier molecular flexibility index (Phi) is 4.85. The van der Waals surface area contributed by atoms with Crippen LogP contribution in [0.4, 0.5) is 5.00 Å². The number of ether oxygens (including phenoxy) is 2. The molecule has 5 nitrogen and oxygen atoms in total. The fourth-order valence-electron chi connectivity index (χ4n) is 2.91. The topological polar surface area (TPSA) is 64.6 Å². The Morgan fingerprint density at radius 2 is 1.92 bits per heavy atom. The lowest BCUT2D eigenvalue weighted by Gasteiger charge is -2.07. The maximum atomic E-state index is 12.3. The molecule has 126 valence electrons. The van der Waals surface area contributed by atoms with Gasteiger partial charge in [0.15, 0.2) is 0 Å². The summed E-state index contributed by atoms with van der Waals surface area (Å²) in [6, 6.07) is 7.35. The van der Waals surface area contributed by atoms with E-state index in [4.69, 9.17) is 9.47 Å². The summed E-state index contributed by atoms with van der Waals surface area (Å²) in [6.07, 6.45) is 3.11. The van der Waals surface area contributed by atoms with Gasteiger partial charge in [-0.2, -0.15) is 0 Å². The predicted octanol–water partition coefficient (Wildman–Crippen LogP) is 3.21. The Morgan fingerprint density at radius 3 is 2.58 bits per heavy atom. The molecule has 0 unspecified atom stereocenters. The second-order valence-corrected chi connectivity index (χ2v) is 6.73. The zero-order chi connectivity index (χ0) is 17.1. The molecule has 2 aromatic rings. The van der Waals surface area contributed by atoms with E-state index < -0.39 is 0 Å². The average molecular weight is 345 g/mol. The molecule has 0 spiro atoms. The minimum atomic E-state index is -0.380. The van der Waals surface area contributed by atoms with Gasteiger partial charge in [-0.05, 0) is 42.5 Å². The van der Waals surface area contributed by atoms with Gasteiger partial charge in [-0.3, -0.25) is 4.79 Å². The van der Waals surface area contributed by atoms with Gasteiger partial charge in [0.05, 0.1) is 26.2 Å². The number of carbonyl (C=O) groups excluding carboxylic acids is 2. The number of thiophene rings is 1. The van der Waals surface area contributed by atoms with Crippen LogP contribution >= 0.6 is 11.3 Å². The van der Waals surface area contributed by atoms with Gasteiger partial charge >= 0.3 is 5.97 Å². The van der Waals surface area contributed by atoms with E-state index in [2.05, 4.69) is 5.32 Å². The molecule has 1 amide bonds. The number of methoxy groups -OCH3 is 2. The summed E-state index contributed by atoms with van der Waals surface area (Å²) in [6.45, 7) is 0. The van der Waals surface area contributed by atoms with Gasteiger partial charge in [0.1, 0.15) is 10.8 Å². The molecule has 0 bridgehead atoms. The van der Waals surface area contributed by atoms with Crippen LogP contribution in [-0.2, 0) is 28.8 Å². The van der Waals surface area contributed by atoms with Crippen LogP contribution in [0.25, 0.3) is 0 Å². The number of rotatable bonds is 5. The van der Waals surface area contributed by atoms with E-state index in [9.17, 15) is 9.59 Å². The molecule has 1 N–H and O–H groups in total. The van der Waals surface area contributed by atoms with Gasteiger partial charge in [-0.1, -0.05) is 12.1 Å². The van der Waals surface area contributed by atoms with E-state index in [0.29, 0.717) is 10.6 Å². The highest BCUT2D eigenvalue weighted by molar-refractivity contribution is 7.17. The van der Waals surface area contributed by atoms with Crippen molar-refractivity contribution < 1.29 is 19.1 Å². The molecule has 1 aromatic carbocycles. The normalized spacial score (nSPS) is 12.6. The van der Waals surface area contributed by atoms with Gasteiger partial charge in [0.2, 0.25) is 5.91 Å². The Balaban J connectivity index is 1.75. The van der Waals surface area contributed by atoms with E-state index in [1.807, 2.05) is 24.3 Å². The lowest BCUT2D eigenvalue weighted by molar-refractivity contribution is -0.115. The molecule has 0 saturated heterocycles. The van der Waals surface area contributed by atoms with Gasteiger partial charge in [-0.25, -0.2) is 4.79 Å². The first kappa shape index (κ1) is 16.5. The summed E-state index contributed by atoms with van der Waals surface area (Å²) >= 11 is 1.48. The van der Waals surface area contributed by atoms with Crippen molar-refractivity contribution in [2.24, 2.45) is 0 Å². The van der Waals surface area contributed by atoms with Crippen molar-refractivity contribution in [2.45, 2.75) is 25.7 Å². The molecule has 3 rings (SSSR count). The van der Waals surface area contributed by atoms with E-state index in [1.165, 1.54) is 23.3 Å². The first-order valence-corrected chi connectivity index (χ1v) is 8.59. The Bertz CT molecular complexity index is 764. The highest BCUT2D eigenvalue weighted by Gasteiger charge is 2.27. The number of aryl methyl sites for hydroxylation is 1. The number of anilines is 1. The van der Waals surface area contributed by atoms with Crippen molar-refractivity contribution >= 4 is 28.2 Å². The summed E-state index contributed by atoms with van der Waals surface area (Å²) in [5.74, 6) is 0.223. The fraction of sp³-hybridized carbons (Fsp3) is 0.333. The van der Waals surface area contributed by atoms with Gasteiger partial charge in [0, 0.05) is 4.88 Å². The molecule has 0 aliphatic heterocycles. The van der Waals surface area contributed by atoms with Crippen LogP contribution in [0.1, 0.15) is 32.8 Å². The molecular weight excluding hydrogens is 326 g/mol. The van der Waals surface area contributed by atoms with Crippen molar-refractivity contribution in [3.05, 3.63) is 45.8 Å². The van der Waals surface area contributed by atoms with Gasteiger partial charge in [-0.15, -0.1) is 11.3 Å². The van der Waals surface area contributed by atoms with Crippen molar-refractivity contribution in [2.75, 3.05) is 19.5 Å². The third kappa shape index (κ3) is 3.28. The van der Waals surface area contributed by atoms with Crippen LogP contribution in [0.5, 0.6) is 5.75 Å². The third-order valence-electron chi connectivity index (χ3n) is 4.09. The van der Waals surface area contributed by atoms with Crippen LogP contribution in [0.3, 0.4) is 0 Å². The van der Waals surface area contributed by atoms with Crippen LogP contribution in [0.15, 0.2) is 24.3 Å². The van der Waals surface area contributed by atoms with E-state index in [1.54, 1.807) is 7.11 Å². The van der Waals surface area contributed by atoms with Crippen molar-refractivity contribution in [1.29, 1.82) is 0 Å². The molecule has 0 radical (unpaired) electrons. The number of hydrogen-bond acceptors (Lipinski definition) is 5. The average Bonchev–Trinajstić information content (AvgIpc) is 3.15. The Hall–Kier alpha value is -2.34. The standard InChI is InChI=1S/C18H19NO4S/c1-22-12-8-6-11(7-9-12)10-15(20)19-17-16(18(21)23-2)13-4-3-5-14(13)24-17/h6-9H,3-5,10H2,1-2H3,(H,19,20). The molecule has 1 heterocycles. The zero-order valence-electron chi connectivity index (χ0n) is 13.7. The molecule has 6 heteroatoms. The number of esters is 1. The van der Waals surface area contributed by atoms with E-state index in [-0.39, 0.29) is 18.3 Å². The number of amides is 1. The minimum absolute atomic E-state index is 0.148. The highest BCUT2D eigenvalue weighted by Crippen LogP contribution is 2.39. The Morgan fingerprint density at radius 1 is 1.17 bits per heavy atom. The number of carbonyl (C=O) groups is 2. The predicted molar refractivity (Wildman–Crippen MR) is 93.0 cm³/mol. The van der Waals surface area contributed by atoms with Gasteiger partial charge < -0.3 is 14.8 Å². The first-order chi connectivity index (χ1) is 11.6. The maximum Gasteiger partial charge on any atom is 0.341 e. The lowest BCUT2D eigenvalue weighted by atomic mass is 10.1. The molecule has 1 aliphatic rings. The van der Waals surface area contributed by atoms with Crippen LogP contribution < -0.4 is 10.1 Å². The Labute approximate surface area is 144 Å². The third-order valence-corrected chi connectivity index (χ3v) is 5.29. The molecule has 24 heavy (non-hydrogen) atoms. The van der Waals surface area contributed by atoms with Crippen molar-refractivity contribution in [3.63, 3.8) is 0 Å². The fourth-order valence-corrected chi connectivity index (χ4v) is 4.20. The monoisotopic (exact) mass is 345 g/mol. The summed E-state index contributed by atoms with van der Waals surface area (Å²) in [4.78, 5) is 25.6. The molecule has 0 fully saturated rings. The lowest BCUT2D eigenvalue weighted by Crippen LogP contribution is -2.16. The molecule has 0 atom stereocenters. The largest absolute Gasteiger partial charge is 0.497 e. The van der Waals surface area contributed by atoms with Crippen LogP contribution in [-0.4, -0.2) is 26.1 Å². The van der Waals surface area contributed by atoms with Crippen LogP contribution in [0, 0.1) is 0 Å². The summed E-state index contributed by atoms with van der Waals surface area (Å²) < 4.78 is 10.00. The molecule has 1 aromatic heterocycles. The summed E-state index contributed by atoms with van der Waals surface area (Å²) in [7, 11) is 2.97. The van der Waals surface area contributed by atoms with Crippen molar-refractivity contribution in [1.82, 2.24) is 0 Å². The molecule has 1 aliphatic carbocycles. The molecular formula is C18H19NO4S. The van der Waals surface area contributed by atoms with E-state index >= 15 is 0 Å². The number of nitrogens with one attached hydrogen (secondary N) is 1. The number of fused-ring (bicyclic) bond motifs is 1. The van der Waals surface area contributed by atoms with Gasteiger partial charge in [0.25, 0.3) is 0 Å². The van der Waals surface area contributed by atoms with Crippen molar-refractivity contribution in [3.8, 4) is 5.75 Å². The minimum Gasteiger partial charge on any atom is -0.497 e. The number of benzene rings is 1. The smallest absolute Gasteiger partial charge is 0.341 e. The SMILES string of the molecule is COC(=O)c1c(NC(=O)Cc2ccc(OC)cc2)sc2c1CCC2. The first-order valence-electron chi connectivity index (χ1n) is 7.78. The van der Waals surface area contributed by atoms with E-state index in [0.717, 1.165) is 36.1 Å². The number of hydrogen-bond donors (Lipinski definition) is 1.